The molecule has 0 aromatic heterocycles. The van der Waals surface area contributed by atoms with Gasteiger partial charge in [-0.05, 0) is 49.0 Å². The molecule has 1 aliphatic carbocycles. The Morgan fingerprint density at radius 2 is 2.00 bits per heavy atom. The van der Waals surface area contributed by atoms with Crippen LogP contribution in [0.1, 0.15) is 51.9 Å². The van der Waals surface area contributed by atoms with E-state index in [-0.39, 0.29) is 0 Å². The van der Waals surface area contributed by atoms with Crippen LogP contribution < -0.4 is 5.32 Å². The van der Waals surface area contributed by atoms with Gasteiger partial charge in [0.05, 0.1) is 0 Å². The summed E-state index contributed by atoms with van der Waals surface area (Å²) in [7, 11) is 0. The molecule has 0 radical (unpaired) electrons. The minimum absolute atomic E-state index is 0.708. The van der Waals surface area contributed by atoms with Crippen LogP contribution in [0.3, 0.4) is 0 Å². The molecule has 0 bridgehead atoms. The lowest BCUT2D eigenvalue weighted by atomic mass is 9.66. The molecule has 15 heavy (non-hydrogen) atoms. The topological polar surface area (TPSA) is 12.0 Å². The molecule has 1 nitrogen and oxygen atoms in total. The van der Waals surface area contributed by atoms with E-state index in [4.69, 9.17) is 0 Å². The largest absolute Gasteiger partial charge is 0.313 e. The molecule has 1 saturated heterocycles. The van der Waals surface area contributed by atoms with E-state index in [1.165, 1.54) is 63.0 Å². The minimum atomic E-state index is 0.708. The smallest absolute Gasteiger partial charge is 0.00830 e. The summed E-state index contributed by atoms with van der Waals surface area (Å²) in [5.74, 6) is 2.75. The van der Waals surface area contributed by atoms with Crippen molar-refractivity contribution in [2.45, 2.75) is 57.9 Å². The average Bonchev–Trinajstić information content (AvgIpc) is 2.23. The fourth-order valence-electron chi connectivity index (χ4n) is 2.98. The lowest BCUT2D eigenvalue weighted by molar-refractivity contribution is 0.110. The van der Waals surface area contributed by atoms with Gasteiger partial charge in [0.1, 0.15) is 0 Å². The van der Waals surface area contributed by atoms with Gasteiger partial charge in [-0.2, -0.15) is 11.8 Å². The fraction of sp³-hybridized carbons (Fsp3) is 1.00. The van der Waals surface area contributed by atoms with Gasteiger partial charge < -0.3 is 5.32 Å². The van der Waals surface area contributed by atoms with Gasteiger partial charge in [0.25, 0.3) is 0 Å². The molecule has 2 rings (SSSR count). The van der Waals surface area contributed by atoms with Crippen molar-refractivity contribution < 1.29 is 0 Å². The Balaban J connectivity index is 1.70. The van der Waals surface area contributed by atoms with Crippen LogP contribution in [0.4, 0.5) is 0 Å². The third-order valence-electron chi connectivity index (χ3n) is 4.18. The lowest BCUT2D eigenvalue weighted by Gasteiger charge is -2.43. The number of hydrogen-bond donors (Lipinski definition) is 1. The van der Waals surface area contributed by atoms with Crippen LogP contribution in [0, 0.1) is 5.41 Å². The van der Waals surface area contributed by atoms with E-state index >= 15 is 0 Å². The molecule has 88 valence electrons. The van der Waals surface area contributed by atoms with E-state index in [2.05, 4.69) is 24.0 Å². The summed E-state index contributed by atoms with van der Waals surface area (Å²) in [5.41, 5.74) is 0.708. The zero-order valence-electron chi connectivity index (χ0n) is 10.1. The molecule has 0 aromatic carbocycles. The van der Waals surface area contributed by atoms with Gasteiger partial charge in [0.15, 0.2) is 0 Å². The Hall–Kier alpha value is 0.310. The van der Waals surface area contributed by atoms with Crippen molar-refractivity contribution in [1.29, 1.82) is 0 Å². The van der Waals surface area contributed by atoms with Crippen molar-refractivity contribution >= 4 is 11.8 Å². The molecule has 0 atom stereocenters. The Kier molecular flexibility index (Phi) is 4.39. The van der Waals surface area contributed by atoms with Crippen LogP contribution in [0.5, 0.6) is 0 Å². The predicted octanol–water partition coefficient (Wildman–Crippen LogP) is 3.44. The van der Waals surface area contributed by atoms with Gasteiger partial charge in [0.2, 0.25) is 0 Å². The maximum absolute atomic E-state index is 3.84. The van der Waals surface area contributed by atoms with Crippen LogP contribution >= 0.6 is 11.8 Å². The maximum Gasteiger partial charge on any atom is 0.00830 e. The van der Waals surface area contributed by atoms with E-state index in [1.807, 2.05) is 0 Å². The Morgan fingerprint density at radius 3 is 2.53 bits per heavy atom. The second kappa shape index (κ2) is 5.58. The van der Waals surface area contributed by atoms with Crippen LogP contribution in [0.15, 0.2) is 0 Å². The van der Waals surface area contributed by atoms with Gasteiger partial charge in [-0.25, -0.2) is 0 Å². The van der Waals surface area contributed by atoms with Gasteiger partial charge in [-0.15, -0.1) is 0 Å². The van der Waals surface area contributed by atoms with Gasteiger partial charge in [0, 0.05) is 12.6 Å². The van der Waals surface area contributed by atoms with E-state index in [0.717, 1.165) is 6.04 Å². The number of hydrogen-bond acceptors (Lipinski definition) is 2. The van der Waals surface area contributed by atoms with Crippen molar-refractivity contribution in [3.8, 4) is 0 Å². The monoisotopic (exact) mass is 227 g/mol. The minimum Gasteiger partial charge on any atom is -0.313 e. The standard InChI is InChI=1S/C13H25NS/c1-2-6-13(7-3-8-13)11-14-12-4-9-15-10-5-12/h12,14H,2-11H2,1H3. The van der Waals surface area contributed by atoms with Crippen LogP contribution in [-0.2, 0) is 0 Å². The van der Waals surface area contributed by atoms with Gasteiger partial charge >= 0.3 is 0 Å². The first kappa shape index (κ1) is 11.8. The highest BCUT2D eigenvalue weighted by Gasteiger charge is 2.35. The van der Waals surface area contributed by atoms with E-state index < -0.39 is 0 Å². The fourth-order valence-corrected chi connectivity index (χ4v) is 4.09. The SMILES string of the molecule is CCCC1(CNC2CCSCC2)CCC1. The first-order valence-electron chi connectivity index (χ1n) is 6.66. The second-order valence-corrected chi connectivity index (χ2v) is 6.60. The molecule has 2 fully saturated rings. The number of nitrogens with one attached hydrogen (secondary N) is 1. The highest BCUT2D eigenvalue weighted by molar-refractivity contribution is 7.99. The van der Waals surface area contributed by atoms with Crippen LogP contribution in [0.25, 0.3) is 0 Å². The molecule has 0 amide bonds. The molecule has 2 heteroatoms. The van der Waals surface area contributed by atoms with Crippen molar-refractivity contribution in [2.75, 3.05) is 18.1 Å². The molecule has 1 N–H and O–H groups in total. The summed E-state index contributed by atoms with van der Waals surface area (Å²) in [6, 6.07) is 0.834. The summed E-state index contributed by atoms with van der Waals surface area (Å²) >= 11 is 2.12. The first-order valence-corrected chi connectivity index (χ1v) is 7.81. The third kappa shape index (κ3) is 3.13. The Labute approximate surface area is 98.8 Å². The zero-order chi connectivity index (χ0) is 10.6. The van der Waals surface area contributed by atoms with E-state index in [9.17, 15) is 0 Å². The average molecular weight is 227 g/mol. The quantitative estimate of drug-likeness (QED) is 0.772. The molecule has 0 spiro atoms. The summed E-state index contributed by atoms with van der Waals surface area (Å²) < 4.78 is 0. The highest BCUT2D eigenvalue weighted by Crippen LogP contribution is 2.44. The first-order chi connectivity index (χ1) is 7.35. The summed E-state index contributed by atoms with van der Waals surface area (Å²) in [6.07, 6.45) is 10.0. The van der Waals surface area contributed by atoms with Gasteiger partial charge in [-0.1, -0.05) is 19.8 Å². The normalized spacial score (nSPS) is 26.2. The summed E-state index contributed by atoms with van der Waals surface area (Å²) in [4.78, 5) is 0. The molecule has 1 saturated carbocycles. The molecule has 0 unspecified atom stereocenters. The van der Waals surface area contributed by atoms with Crippen molar-refractivity contribution in [2.24, 2.45) is 5.41 Å². The predicted molar refractivity (Wildman–Crippen MR) is 69.5 cm³/mol. The van der Waals surface area contributed by atoms with E-state index in [1.54, 1.807) is 0 Å². The summed E-state index contributed by atoms with van der Waals surface area (Å²) in [6.45, 7) is 3.63. The summed E-state index contributed by atoms with van der Waals surface area (Å²) in [5, 5.41) is 3.84. The Bertz CT molecular complexity index is 183. The molecular weight excluding hydrogens is 202 g/mol. The zero-order valence-corrected chi connectivity index (χ0v) is 10.9. The molecule has 1 aliphatic heterocycles. The molecule has 2 aliphatic rings. The number of rotatable bonds is 5. The van der Waals surface area contributed by atoms with Crippen LogP contribution in [-0.4, -0.2) is 24.1 Å². The molecule has 1 heterocycles. The third-order valence-corrected chi connectivity index (χ3v) is 5.23. The van der Waals surface area contributed by atoms with Crippen LogP contribution in [0.2, 0.25) is 0 Å². The molecule has 0 aromatic rings. The Morgan fingerprint density at radius 1 is 1.27 bits per heavy atom. The molecular formula is C13H25NS. The van der Waals surface area contributed by atoms with Crippen molar-refractivity contribution in [1.82, 2.24) is 5.32 Å². The van der Waals surface area contributed by atoms with Gasteiger partial charge in [-0.3, -0.25) is 0 Å². The lowest BCUT2D eigenvalue weighted by Crippen LogP contribution is -2.44. The van der Waals surface area contributed by atoms with Crippen molar-refractivity contribution in [3.63, 3.8) is 0 Å². The van der Waals surface area contributed by atoms with E-state index in [0.29, 0.717) is 5.41 Å². The highest BCUT2D eigenvalue weighted by atomic mass is 32.2. The van der Waals surface area contributed by atoms with Crippen molar-refractivity contribution in [3.05, 3.63) is 0 Å². The second-order valence-electron chi connectivity index (χ2n) is 5.37. The maximum atomic E-state index is 3.84. The number of thioether (sulfide) groups is 1.